The number of anilines is 1. The molecule has 0 fully saturated rings. The molecule has 9 nitrogen and oxygen atoms in total. The van der Waals surface area contributed by atoms with Crippen LogP contribution in [0, 0.1) is 13.8 Å². The van der Waals surface area contributed by atoms with E-state index < -0.39 is 0 Å². The summed E-state index contributed by atoms with van der Waals surface area (Å²) in [5.74, 6) is 0.671. The van der Waals surface area contributed by atoms with Crippen LogP contribution >= 0.6 is 11.8 Å². The number of benzene rings is 1. The Morgan fingerprint density at radius 1 is 1.11 bits per heavy atom. The Morgan fingerprint density at radius 2 is 1.85 bits per heavy atom. The molecular formula is C17H16N8OS. The number of nitrogens with zero attached hydrogens (tertiary/aromatic N) is 8. The zero-order valence-corrected chi connectivity index (χ0v) is 15.6. The lowest BCUT2D eigenvalue weighted by Crippen LogP contribution is -2.22. The molecule has 27 heavy (non-hydrogen) atoms. The normalized spacial score (nSPS) is 13.9. The van der Waals surface area contributed by atoms with Gasteiger partial charge >= 0.3 is 0 Å². The van der Waals surface area contributed by atoms with Gasteiger partial charge in [-0.15, -0.1) is 5.10 Å². The Kier molecular flexibility index (Phi) is 4.63. The molecule has 10 heteroatoms. The lowest BCUT2D eigenvalue weighted by molar-refractivity contribution is -0.117. The average molecular weight is 380 g/mol. The Labute approximate surface area is 159 Å². The van der Waals surface area contributed by atoms with Crippen LogP contribution in [0.1, 0.15) is 17.8 Å². The van der Waals surface area contributed by atoms with Crippen LogP contribution in [0.15, 0.2) is 46.7 Å². The minimum atomic E-state index is -0.141. The highest BCUT2D eigenvalue weighted by molar-refractivity contribution is 7.99. The number of aromatic nitrogens is 6. The van der Waals surface area contributed by atoms with Crippen molar-refractivity contribution in [2.45, 2.75) is 25.4 Å². The van der Waals surface area contributed by atoms with Gasteiger partial charge in [0.1, 0.15) is 0 Å². The van der Waals surface area contributed by atoms with Crippen LogP contribution in [-0.2, 0) is 4.79 Å². The first-order valence-corrected chi connectivity index (χ1v) is 9.27. The fraction of sp³-hybridized carbons (Fsp3) is 0.235. The van der Waals surface area contributed by atoms with Crippen LogP contribution in [-0.4, -0.2) is 47.5 Å². The first-order chi connectivity index (χ1) is 13.1. The standard InChI is InChI=1S/C17H16N8OS/c1-11-8-12(2)19-16(18-11)25-15(26)9-13(21-25)10-27-17-20-22-23-24(17)14-6-4-3-5-7-14/h3-8H,9-10H2,1-2H3. The number of aryl methyl sites for hydroxylation is 2. The topological polar surface area (TPSA) is 102 Å². The van der Waals surface area contributed by atoms with Gasteiger partial charge in [-0.2, -0.15) is 14.8 Å². The molecule has 0 atom stereocenters. The van der Waals surface area contributed by atoms with E-state index in [1.807, 2.05) is 50.2 Å². The highest BCUT2D eigenvalue weighted by Gasteiger charge is 2.28. The largest absolute Gasteiger partial charge is 0.272 e. The van der Waals surface area contributed by atoms with Crippen LogP contribution in [0.2, 0.25) is 0 Å². The number of carbonyl (C=O) groups is 1. The molecule has 0 spiro atoms. The fourth-order valence-electron chi connectivity index (χ4n) is 2.67. The lowest BCUT2D eigenvalue weighted by Gasteiger charge is -2.10. The van der Waals surface area contributed by atoms with E-state index in [1.165, 1.54) is 16.8 Å². The van der Waals surface area contributed by atoms with Gasteiger partial charge in [-0.3, -0.25) is 4.79 Å². The predicted octanol–water partition coefficient (Wildman–Crippen LogP) is 1.95. The Balaban J connectivity index is 1.50. The van der Waals surface area contributed by atoms with Crippen molar-refractivity contribution in [3.05, 3.63) is 47.8 Å². The van der Waals surface area contributed by atoms with Crippen LogP contribution in [0.5, 0.6) is 0 Å². The van der Waals surface area contributed by atoms with Crippen molar-refractivity contribution in [1.29, 1.82) is 0 Å². The summed E-state index contributed by atoms with van der Waals surface area (Å²) in [5.41, 5.74) is 3.20. The van der Waals surface area contributed by atoms with E-state index in [2.05, 4.69) is 30.6 Å². The van der Waals surface area contributed by atoms with Crippen molar-refractivity contribution in [2.75, 3.05) is 10.8 Å². The molecule has 4 rings (SSSR count). The smallest absolute Gasteiger partial charge is 0.255 e. The molecule has 0 N–H and O–H groups in total. The number of amides is 1. The van der Waals surface area contributed by atoms with Crippen LogP contribution in [0.3, 0.4) is 0 Å². The summed E-state index contributed by atoms with van der Waals surface area (Å²) in [6, 6.07) is 11.5. The van der Waals surface area contributed by atoms with Gasteiger partial charge in [0.15, 0.2) is 0 Å². The minimum Gasteiger partial charge on any atom is -0.272 e. The third-order valence-corrected chi connectivity index (χ3v) is 4.79. The van der Waals surface area contributed by atoms with Gasteiger partial charge in [-0.25, -0.2) is 9.97 Å². The molecule has 1 amide bonds. The molecule has 1 aliphatic heterocycles. The number of tetrazole rings is 1. The maximum atomic E-state index is 12.3. The van der Waals surface area contributed by atoms with E-state index in [-0.39, 0.29) is 12.3 Å². The Morgan fingerprint density at radius 3 is 2.59 bits per heavy atom. The van der Waals surface area contributed by atoms with Gasteiger partial charge in [0.05, 0.1) is 17.8 Å². The highest BCUT2D eigenvalue weighted by Crippen LogP contribution is 2.22. The predicted molar refractivity (Wildman–Crippen MR) is 101 cm³/mol. The molecule has 0 aliphatic carbocycles. The lowest BCUT2D eigenvalue weighted by atomic mass is 10.3. The summed E-state index contributed by atoms with van der Waals surface area (Å²) in [7, 11) is 0. The third-order valence-electron chi connectivity index (χ3n) is 3.80. The number of hydrazone groups is 1. The molecule has 1 aromatic carbocycles. The zero-order chi connectivity index (χ0) is 18.8. The SMILES string of the molecule is Cc1cc(C)nc(N2N=C(CSc3nnnn3-c3ccccc3)CC2=O)n1. The fourth-order valence-corrected chi connectivity index (χ4v) is 3.48. The second kappa shape index (κ2) is 7.23. The van der Waals surface area contributed by atoms with E-state index in [0.29, 0.717) is 16.9 Å². The Bertz CT molecular complexity index is 997. The molecule has 136 valence electrons. The second-order valence-corrected chi connectivity index (χ2v) is 6.94. The Hall–Kier alpha value is -3.14. The van der Waals surface area contributed by atoms with Crippen molar-refractivity contribution in [2.24, 2.45) is 5.10 Å². The van der Waals surface area contributed by atoms with E-state index >= 15 is 0 Å². The van der Waals surface area contributed by atoms with E-state index in [0.717, 1.165) is 22.8 Å². The average Bonchev–Trinajstić information content (AvgIpc) is 3.26. The van der Waals surface area contributed by atoms with Crippen molar-refractivity contribution < 1.29 is 4.79 Å². The molecule has 2 aromatic heterocycles. The minimum absolute atomic E-state index is 0.141. The summed E-state index contributed by atoms with van der Waals surface area (Å²) < 4.78 is 1.66. The van der Waals surface area contributed by atoms with Gasteiger partial charge in [0.2, 0.25) is 5.16 Å². The van der Waals surface area contributed by atoms with Crippen molar-refractivity contribution in [3.63, 3.8) is 0 Å². The van der Waals surface area contributed by atoms with E-state index in [4.69, 9.17) is 0 Å². The summed E-state index contributed by atoms with van der Waals surface area (Å²) in [6.07, 6.45) is 0.232. The van der Waals surface area contributed by atoms with E-state index in [1.54, 1.807) is 4.68 Å². The molecule has 1 aliphatic rings. The first kappa shape index (κ1) is 17.3. The molecule has 0 unspecified atom stereocenters. The van der Waals surface area contributed by atoms with Gasteiger partial charge in [-0.1, -0.05) is 30.0 Å². The van der Waals surface area contributed by atoms with Crippen LogP contribution < -0.4 is 5.01 Å². The molecule has 0 saturated carbocycles. The summed E-state index contributed by atoms with van der Waals surface area (Å²) in [4.78, 5) is 21.0. The molecule has 0 saturated heterocycles. The van der Waals surface area contributed by atoms with Crippen molar-refractivity contribution in [3.8, 4) is 5.69 Å². The molecule has 0 bridgehead atoms. The van der Waals surface area contributed by atoms with Gasteiger partial charge in [-0.05, 0) is 42.5 Å². The van der Waals surface area contributed by atoms with Crippen LogP contribution in [0.4, 0.5) is 5.95 Å². The van der Waals surface area contributed by atoms with E-state index in [9.17, 15) is 4.79 Å². The molecule has 3 aromatic rings. The van der Waals surface area contributed by atoms with Gasteiger partial charge in [0, 0.05) is 17.1 Å². The quantitative estimate of drug-likeness (QED) is 0.623. The maximum absolute atomic E-state index is 12.3. The second-order valence-electron chi connectivity index (χ2n) is 6.00. The first-order valence-electron chi connectivity index (χ1n) is 8.28. The number of hydrogen-bond donors (Lipinski definition) is 0. The zero-order valence-electron chi connectivity index (χ0n) is 14.8. The molecular weight excluding hydrogens is 364 g/mol. The number of rotatable bonds is 5. The molecule has 3 heterocycles. The number of para-hydroxylation sites is 1. The monoisotopic (exact) mass is 380 g/mol. The highest BCUT2D eigenvalue weighted by atomic mass is 32.2. The molecule has 0 radical (unpaired) electrons. The van der Waals surface area contributed by atoms with Crippen molar-refractivity contribution in [1.82, 2.24) is 30.2 Å². The van der Waals surface area contributed by atoms with Crippen LogP contribution in [0.25, 0.3) is 5.69 Å². The summed E-state index contributed by atoms with van der Waals surface area (Å²) in [6.45, 7) is 3.73. The number of hydrogen-bond acceptors (Lipinski definition) is 8. The number of carbonyl (C=O) groups excluding carboxylic acids is 1. The maximum Gasteiger partial charge on any atom is 0.255 e. The van der Waals surface area contributed by atoms with Crippen molar-refractivity contribution >= 4 is 29.3 Å². The summed E-state index contributed by atoms with van der Waals surface area (Å²) in [5, 5.41) is 18.1. The summed E-state index contributed by atoms with van der Waals surface area (Å²) >= 11 is 1.43. The van der Waals surface area contributed by atoms with Gasteiger partial charge < -0.3 is 0 Å². The van der Waals surface area contributed by atoms with Gasteiger partial charge in [0.25, 0.3) is 11.9 Å². The number of thioether (sulfide) groups is 1. The third kappa shape index (κ3) is 3.70.